The predicted molar refractivity (Wildman–Crippen MR) is 118 cm³/mol. The van der Waals surface area contributed by atoms with Crippen molar-refractivity contribution in [3.05, 3.63) is 59.8 Å². The molecule has 1 N–H and O–H groups in total. The molecule has 3 aromatic rings. The van der Waals surface area contributed by atoms with E-state index in [0.29, 0.717) is 5.56 Å². The molecule has 5 nitrogen and oxygen atoms in total. The highest BCUT2D eigenvalue weighted by molar-refractivity contribution is 5.96. The Morgan fingerprint density at radius 2 is 1.55 bits per heavy atom. The van der Waals surface area contributed by atoms with E-state index in [1.165, 1.54) is 5.56 Å². The van der Waals surface area contributed by atoms with Crippen molar-refractivity contribution in [3.63, 3.8) is 0 Å². The van der Waals surface area contributed by atoms with Crippen LogP contribution >= 0.6 is 0 Å². The van der Waals surface area contributed by atoms with Crippen LogP contribution in [0, 0.1) is 6.92 Å². The van der Waals surface area contributed by atoms with Crippen LogP contribution in [-0.4, -0.2) is 26.2 Å². The second-order valence-corrected chi connectivity index (χ2v) is 9.50. The lowest BCUT2D eigenvalue weighted by Gasteiger charge is -2.23. The molecule has 29 heavy (non-hydrogen) atoms. The minimum absolute atomic E-state index is 0.115. The summed E-state index contributed by atoms with van der Waals surface area (Å²) in [5.41, 5.74) is 4.60. The first-order valence-electron chi connectivity index (χ1n) is 9.90. The number of aryl methyl sites for hydroxylation is 1. The molecule has 0 bridgehead atoms. The zero-order valence-corrected chi connectivity index (χ0v) is 18.4. The van der Waals surface area contributed by atoms with Gasteiger partial charge in [0.05, 0.1) is 22.6 Å². The van der Waals surface area contributed by atoms with Crippen molar-refractivity contribution in [2.75, 3.05) is 0 Å². The van der Waals surface area contributed by atoms with Crippen LogP contribution in [0.3, 0.4) is 0 Å². The maximum atomic E-state index is 12.9. The van der Waals surface area contributed by atoms with Crippen LogP contribution in [0.4, 0.5) is 0 Å². The molecule has 0 radical (unpaired) electrons. The standard InChI is InChI=1S/C24H30N4O/c1-16-8-10-17(11-9-16)19-14-18(22(29)27-23(2,3)4)15-20(26-19)21-12-13-25-28(21)24(5,6)7/h8-15H,1-7H3,(H,27,29). The molecule has 3 rings (SSSR count). The fourth-order valence-electron chi connectivity index (χ4n) is 3.11. The lowest BCUT2D eigenvalue weighted by Crippen LogP contribution is -2.40. The van der Waals surface area contributed by atoms with Gasteiger partial charge in [0.25, 0.3) is 5.91 Å². The van der Waals surface area contributed by atoms with Crippen molar-refractivity contribution in [3.8, 4) is 22.6 Å². The summed E-state index contributed by atoms with van der Waals surface area (Å²) >= 11 is 0. The zero-order chi connectivity index (χ0) is 21.4. The fourth-order valence-corrected chi connectivity index (χ4v) is 3.11. The molecular formula is C24H30N4O. The third-order valence-electron chi connectivity index (χ3n) is 4.46. The SMILES string of the molecule is Cc1ccc(-c2cc(C(=O)NC(C)(C)C)cc(-c3ccnn3C(C)(C)C)n2)cc1. The van der Waals surface area contributed by atoms with Crippen LogP contribution in [-0.2, 0) is 5.54 Å². The smallest absolute Gasteiger partial charge is 0.251 e. The third kappa shape index (κ3) is 4.91. The summed E-state index contributed by atoms with van der Waals surface area (Å²) in [6, 6.07) is 13.8. The van der Waals surface area contributed by atoms with Crippen molar-refractivity contribution in [1.82, 2.24) is 20.1 Å². The van der Waals surface area contributed by atoms with Gasteiger partial charge in [-0.25, -0.2) is 4.98 Å². The number of nitrogens with one attached hydrogen (secondary N) is 1. The van der Waals surface area contributed by atoms with Crippen LogP contribution in [0.1, 0.15) is 57.5 Å². The Balaban J connectivity index is 2.17. The minimum Gasteiger partial charge on any atom is -0.347 e. The Labute approximate surface area is 173 Å². The highest BCUT2D eigenvalue weighted by Crippen LogP contribution is 2.28. The minimum atomic E-state index is -0.322. The van der Waals surface area contributed by atoms with Gasteiger partial charge in [-0.1, -0.05) is 29.8 Å². The van der Waals surface area contributed by atoms with E-state index in [-0.39, 0.29) is 17.0 Å². The molecule has 0 fully saturated rings. The topological polar surface area (TPSA) is 59.8 Å². The van der Waals surface area contributed by atoms with Crippen molar-refractivity contribution < 1.29 is 4.79 Å². The molecule has 0 atom stereocenters. The number of pyridine rings is 1. The number of hydrogen-bond acceptors (Lipinski definition) is 3. The first kappa shape index (κ1) is 20.8. The van der Waals surface area contributed by atoms with Crippen molar-refractivity contribution >= 4 is 5.91 Å². The molecule has 0 spiro atoms. The van der Waals surface area contributed by atoms with E-state index < -0.39 is 0 Å². The number of amides is 1. The molecular weight excluding hydrogens is 360 g/mol. The second-order valence-electron chi connectivity index (χ2n) is 9.50. The summed E-state index contributed by atoms with van der Waals surface area (Å²) in [5.74, 6) is -0.115. The molecule has 0 aliphatic carbocycles. The van der Waals surface area contributed by atoms with Crippen LogP contribution < -0.4 is 5.32 Å². The third-order valence-corrected chi connectivity index (χ3v) is 4.46. The molecule has 0 aliphatic heterocycles. The number of carbonyl (C=O) groups is 1. The van der Waals surface area contributed by atoms with E-state index >= 15 is 0 Å². The number of nitrogens with zero attached hydrogens (tertiary/aromatic N) is 3. The summed E-state index contributed by atoms with van der Waals surface area (Å²) in [6.45, 7) is 14.3. The average molecular weight is 391 g/mol. The summed E-state index contributed by atoms with van der Waals surface area (Å²) < 4.78 is 1.94. The maximum absolute atomic E-state index is 12.9. The Bertz CT molecular complexity index is 1020. The molecule has 5 heteroatoms. The molecule has 2 aromatic heterocycles. The second kappa shape index (κ2) is 7.47. The first-order chi connectivity index (χ1) is 13.4. The van der Waals surface area contributed by atoms with E-state index in [2.05, 4.69) is 50.2 Å². The van der Waals surface area contributed by atoms with Crippen LogP contribution in [0.25, 0.3) is 22.6 Å². The monoisotopic (exact) mass is 390 g/mol. The number of rotatable bonds is 3. The van der Waals surface area contributed by atoms with E-state index in [1.54, 1.807) is 6.20 Å². The van der Waals surface area contributed by atoms with Crippen LogP contribution in [0.5, 0.6) is 0 Å². The van der Waals surface area contributed by atoms with Gasteiger partial charge in [0, 0.05) is 22.9 Å². The molecule has 1 amide bonds. The normalized spacial score (nSPS) is 12.1. The Morgan fingerprint density at radius 3 is 2.14 bits per heavy atom. The molecule has 0 saturated carbocycles. The van der Waals surface area contributed by atoms with Gasteiger partial charge in [-0.15, -0.1) is 0 Å². The molecule has 0 saturated heterocycles. The Kier molecular flexibility index (Phi) is 5.35. The summed E-state index contributed by atoms with van der Waals surface area (Å²) in [7, 11) is 0. The van der Waals surface area contributed by atoms with E-state index in [0.717, 1.165) is 22.6 Å². The predicted octanol–water partition coefficient (Wildman–Crippen LogP) is 5.20. The number of benzene rings is 1. The van der Waals surface area contributed by atoms with Crippen LogP contribution in [0.15, 0.2) is 48.7 Å². The molecule has 1 aromatic carbocycles. The van der Waals surface area contributed by atoms with Gasteiger partial charge in [-0.2, -0.15) is 5.10 Å². The van der Waals surface area contributed by atoms with E-state index in [1.807, 2.05) is 55.8 Å². The van der Waals surface area contributed by atoms with E-state index in [4.69, 9.17) is 4.98 Å². The van der Waals surface area contributed by atoms with Crippen LogP contribution in [0.2, 0.25) is 0 Å². The van der Waals surface area contributed by atoms with Gasteiger partial charge in [-0.05, 0) is 66.7 Å². The number of carbonyl (C=O) groups excluding carboxylic acids is 1. The average Bonchev–Trinajstić information content (AvgIpc) is 3.11. The largest absolute Gasteiger partial charge is 0.347 e. The molecule has 0 aliphatic rings. The van der Waals surface area contributed by atoms with Gasteiger partial charge in [0.1, 0.15) is 0 Å². The fraction of sp³-hybridized carbons (Fsp3) is 0.375. The number of hydrogen-bond donors (Lipinski definition) is 1. The lowest BCUT2D eigenvalue weighted by atomic mass is 10.0. The highest BCUT2D eigenvalue weighted by Gasteiger charge is 2.22. The van der Waals surface area contributed by atoms with Gasteiger partial charge in [-0.3, -0.25) is 9.48 Å². The van der Waals surface area contributed by atoms with Crippen molar-refractivity contribution in [2.45, 2.75) is 59.5 Å². The van der Waals surface area contributed by atoms with E-state index in [9.17, 15) is 4.79 Å². The van der Waals surface area contributed by atoms with Crippen molar-refractivity contribution in [1.29, 1.82) is 0 Å². The van der Waals surface area contributed by atoms with Gasteiger partial charge in [0.15, 0.2) is 0 Å². The Morgan fingerprint density at radius 1 is 0.931 bits per heavy atom. The number of aromatic nitrogens is 3. The molecule has 152 valence electrons. The summed E-state index contributed by atoms with van der Waals surface area (Å²) in [5, 5.41) is 7.54. The lowest BCUT2D eigenvalue weighted by molar-refractivity contribution is 0.0919. The maximum Gasteiger partial charge on any atom is 0.251 e. The van der Waals surface area contributed by atoms with Gasteiger partial charge < -0.3 is 5.32 Å². The molecule has 0 unspecified atom stereocenters. The zero-order valence-electron chi connectivity index (χ0n) is 18.4. The summed E-state index contributed by atoms with van der Waals surface area (Å²) in [4.78, 5) is 17.8. The quantitative estimate of drug-likeness (QED) is 0.668. The van der Waals surface area contributed by atoms with Gasteiger partial charge in [0.2, 0.25) is 0 Å². The Hall–Kier alpha value is -2.95. The van der Waals surface area contributed by atoms with Gasteiger partial charge >= 0.3 is 0 Å². The highest BCUT2D eigenvalue weighted by atomic mass is 16.1. The summed E-state index contributed by atoms with van der Waals surface area (Å²) in [6.07, 6.45) is 1.77. The van der Waals surface area contributed by atoms with Crippen molar-refractivity contribution in [2.24, 2.45) is 0 Å². The molecule has 2 heterocycles. The first-order valence-corrected chi connectivity index (χ1v) is 9.90.